The van der Waals surface area contributed by atoms with Gasteiger partial charge >= 0.3 is 0 Å². The first-order chi connectivity index (χ1) is 33.0. The molecule has 0 saturated carbocycles. The molecule has 2 atom stereocenters. The van der Waals surface area contributed by atoms with Gasteiger partial charge in [0.25, 0.3) is 33.5 Å². The Morgan fingerprint density at radius 2 is 1.01 bits per heavy atom. The molecule has 0 aliphatic rings. The van der Waals surface area contributed by atoms with Crippen molar-refractivity contribution < 1.29 is 28.6 Å². The van der Waals surface area contributed by atoms with Gasteiger partial charge in [0.2, 0.25) is 0 Å². The monoisotopic (exact) mass is 934 g/mol. The molecule has 0 saturated heterocycles. The molecule has 4 aromatic carbocycles. The van der Waals surface area contributed by atoms with Crippen molar-refractivity contribution in [2.45, 2.75) is 53.1 Å². The van der Waals surface area contributed by atoms with E-state index in [-0.39, 0.29) is 74.8 Å². The normalized spacial score (nSPS) is 11.9. The van der Waals surface area contributed by atoms with Crippen molar-refractivity contribution >= 4 is 57.6 Å². The molecule has 69 heavy (non-hydrogen) atoms. The van der Waals surface area contributed by atoms with E-state index in [1.165, 1.54) is 34.1 Å². The molecule has 0 bridgehead atoms. The molecule has 8 rings (SSSR count). The maximum Gasteiger partial charge on any atom is 0.263 e. The molecule has 4 aromatic heterocycles. The number of rotatable bonds is 16. The number of nitrogens with one attached hydrogen (secondary N) is 4. The fourth-order valence-electron chi connectivity index (χ4n) is 7.41. The summed E-state index contributed by atoms with van der Waals surface area (Å²) in [7, 11) is 3.09. The van der Waals surface area contributed by atoms with E-state index in [0.29, 0.717) is 29.6 Å². The standard InChI is InChI=1S/C26H26N4O5.C25H24N4O5/c1-14(2)20(18-12-11-15(3)35-18)29-22-21(24(32)25(22)33)28-17-9-7-8-16(23(17)31)26(34)30(4)19-10-5-6-13-27-19;1-4-16(18-12-11-14(2)34-18)27-20-21(24(32)23(20)31)28-17-9-7-8-15(22(17)30)25(33)29(3)19-10-5-6-13-26-19/h5-14,20,28-29,31H,1-4H3;5-13,16,27-28,30H,4H2,1-3H3/t20-;16-/m11/s1. The van der Waals surface area contributed by atoms with Crippen molar-refractivity contribution in [2.24, 2.45) is 5.92 Å². The van der Waals surface area contributed by atoms with Crippen LogP contribution in [0, 0.1) is 19.8 Å². The number of hydrogen-bond donors (Lipinski definition) is 6. The van der Waals surface area contributed by atoms with Gasteiger partial charge in [0.05, 0.1) is 34.6 Å². The average Bonchev–Trinajstić information content (AvgIpc) is 4.01. The second-order valence-corrected chi connectivity index (χ2v) is 16.4. The fourth-order valence-corrected chi connectivity index (χ4v) is 7.41. The number of hydrogen-bond acceptors (Lipinski definition) is 16. The average molecular weight is 935 g/mol. The highest BCUT2D eigenvalue weighted by Crippen LogP contribution is 2.36. The summed E-state index contributed by atoms with van der Waals surface area (Å²) < 4.78 is 11.4. The SMILES string of the molecule is CC[C@@H](Nc1c(Nc2cccc(C(=O)N(C)c3ccccn3)c2O)c(=O)c1=O)c1ccc(C)o1.Cc1ccc([C@H](Nc2c(Nc3cccc(C(=O)N(C)c4ccccn4)c3O)c(=O)c2=O)C(C)C)o1. The van der Waals surface area contributed by atoms with Gasteiger partial charge in [-0.05, 0) is 99.0 Å². The zero-order valence-corrected chi connectivity index (χ0v) is 38.8. The number of aromatic nitrogens is 2. The van der Waals surface area contributed by atoms with Gasteiger partial charge in [-0.1, -0.05) is 45.0 Å². The summed E-state index contributed by atoms with van der Waals surface area (Å²) in [6.07, 6.45) is 3.73. The van der Waals surface area contributed by atoms with Crippen molar-refractivity contribution in [2.75, 3.05) is 45.2 Å². The van der Waals surface area contributed by atoms with Crippen molar-refractivity contribution in [3.63, 3.8) is 0 Å². The number of aromatic hydroxyl groups is 2. The van der Waals surface area contributed by atoms with Crippen LogP contribution in [0.25, 0.3) is 0 Å². The summed E-state index contributed by atoms with van der Waals surface area (Å²) in [5.74, 6) is 1.98. The Labute approximate surface area is 395 Å². The third-order valence-electron chi connectivity index (χ3n) is 11.3. The van der Waals surface area contributed by atoms with E-state index in [4.69, 9.17) is 8.83 Å². The number of pyridine rings is 2. The molecule has 6 N–H and O–H groups in total. The minimum absolute atomic E-state index is 0.0157. The number of amides is 2. The van der Waals surface area contributed by atoms with Gasteiger partial charge in [0.15, 0.2) is 11.5 Å². The van der Waals surface area contributed by atoms with E-state index in [0.717, 1.165) is 11.5 Å². The van der Waals surface area contributed by atoms with Crippen LogP contribution in [-0.2, 0) is 0 Å². The second kappa shape index (κ2) is 20.4. The lowest BCUT2D eigenvalue weighted by atomic mass is 10.0. The van der Waals surface area contributed by atoms with Crippen molar-refractivity contribution in [3.8, 4) is 11.5 Å². The van der Waals surface area contributed by atoms with Crippen LogP contribution in [0.3, 0.4) is 0 Å². The van der Waals surface area contributed by atoms with Gasteiger partial charge in [-0.15, -0.1) is 0 Å². The Hall–Kier alpha value is -8.80. The summed E-state index contributed by atoms with van der Waals surface area (Å²) in [6, 6.07) is 26.0. The summed E-state index contributed by atoms with van der Waals surface area (Å²) in [6.45, 7) is 9.50. The smallest absolute Gasteiger partial charge is 0.263 e. The lowest BCUT2D eigenvalue weighted by molar-refractivity contribution is 0.0981. The molecule has 0 radical (unpaired) electrons. The maximum absolute atomic E-state index is 13.0. The molecule has 0 aliphatic carbocycles. The number of carbonyl (C=O) groups excluding carboxylic acids is 2. The first-order valence-electron chi connectivity index (χ1n) is 21.9. The summed E-state index contributed by atoms with van der Waals surface area (Å²) >= 11 is 0. The van der Waals surface area contributed by atoms with E-state index in [1.54, 1.807) is 75.0 Å². The quantitative estimate of drug-likeness (QED) is 0.0397. The van der Waals surface area contributed by atoms with E-state index in [9.17, 15) is 39.0 Å². The number of para-hydroxylation sites is 2. The molecule has 0 unspecified atom stereocenters. The number of phenols is 2. The highest BCUT2D eigenvalue weighted by atomic mass is 16.3. The molecule has 8 aromatic rings. The van der Waals surface area contributed by atoms with Crippen LogP contribution < -0.4 is 52.8 Å². The molecule has 0 fully saturated rings. The van der Waals surface area contributed by atoms with E-state index in [2.05, 4.69) is 31.2 Å². The molecular formula is C51H50N8O10. The topological polar surface area (TPSA) is 250 Å². The Kier molecular flexibility index (Phi) is 14.2. The molecule has 18 nitrogen and oxygen atoms in total. The van der Waals surface area contributed by atoms with Gasteiger partial charge in [-0.25, -0.2) is 9.97 Å². The fraction of sp³-hybridized carbons (Fsp3) is 0.216. The van der Waals surface area contributed by atoms with Crippen LogP contribution in [0.1, 0.15) is 83.0 Å². The Morgan fingerprint density at radius 3 is 1.41 bits per heavy atom. The molecule has 0 aliphatic heterocycles. The van der Waals surface area contributed by atoms with Crippen LogP contribution in [0.5, 0.6) is 11.5 Å². The molecule has 4 heterocycles. The number of carbonyl (C=O) groups is 2. The van der Waals surface area contributed by atoms with Crippen LogP contribution in [0.4, 0.5) is 45.8 Å². The first kappa shape index (κ1) is 48.1. The number of aryl methyl sites for hydroxylation is 2. The van der Waals surface area contributed by atoms with Crippen LogP contribution in [-0.4, -0.2) is 46.1 Å². The predicted molar refractivity (Wildman–Crippen MR) is 264 cm³/mol. The number of phenolic OH excluding ortho intramolecular Hbond substituents is 2. The maximum atomic E-state index is 13.0. The Bertz CT molecular complexity index is 3270. The highest BCUT2D eigenvalue weighted by Gasteiger charge is 2.30. The molecule has 18 heteroatoms. The number of anilines is 8. The van der Waals surface area contributed by atoms with Crippen LogP contribution in [0.2, 0.25) is 0 Å². The summed E-state index contributed by atoms with van der Waals surface area (Å²) in [5.41, 5.74) is -2.24. The minimum Gasteiger partial charge on any atom is -0.505 e. The Balaban J connectivity index is 0.000000204. The van der Waals surface area contributed by atoms with Crippen LogP contribution >= 0.6 is 0 Å². The van der Waals surface area contributed by atoms with Gasteiger partial charge in [0, 0.05) is 26.5 Å². The van der Waals surface area contributed by atoms with Gasteiger partial charge in [0.1, 0.15) is 57.4 Å². The van der Waals surface area contributed by atoms with Crippen molar-refractivity contribution in [1.29, 1.82) is 0 Å². The van der Waals surface area contributed by atoms with E-state index < -0.39 is 33.5 Å². The van der Waals surface area contributed by atoms with Crippen LogP contribution in [0.15, 0.2) is 137 Å². The molecular weight excluding hydrogens is 885 g/mol. The summed E-state index contributed by atoms with van der Waals surface area (Å²) in [4.78, 5) is 86.2. The lowest BCUT2D eigenvalue weighted by Crippen LogP contribution is -2.38. The van der Waals surface area contributed by atoms with Gasteiger partial charge < -0.3 is 40.3 Å². The number of furan rings is 2. The van der Waals surface area contributed by atoms with E-state index >= 15 is 0 Å². The largest absolute Gasteiger partial charge is 0.505 e. The Morgan fingerprint density at radius 1 is 0.580 bits per heavy atom. The van der Waals surface area contributed by atoms with Gasteiger partial charge in [-0.3, -0.25) is 38.6 Å². The molecule has 2 amide bonds. The summed E-state index contributed by atoms with van der Waals surface area (Å²) in [5, 5.41) is 33.4. The predicted octanol–water partition coefficient (Wildman–Crippen LogP) is 7.98. The molecule has 354 valence electrons. The third kappa shape index (κ3) is 10.00. The third-order valence-corrected chi connectivity index (χ3v) is 11.3. The van der Waals surface area contributed by atoms with E-state index in [1.807, 2.05) is 58.9 Å². The number of benzene rings is 2. The lowest BCUT2D eigenvalue weighted by Gasteiger charge is -2.24. The first-order valence-corrected chi connectivity index (χ1v) is 21.9. The van der Waals surface area contributed by atoms with Gasteiger partial charge in [-0.2, -0.15) is 0 Å². The van der Waals surface area contributed by atoms with Crippen molar-refractivity contribution in [3.05, 3.63) is 185 Å². The highest BCUT2D eigenvalue weighted by molar-refractivity contribution is 6.09. The molecule has 0 spiro atoms. The minimum atomic E-state index is -0.715. The number of nitrogens with zero attached hydrogens (tertiary/aromatic N) is 4. The zero-order chi connectivity index (χ0) is 49.7. The zero-order valence-electron chi connectivity index (χ0n) is 38.8. The van der Waals surface area contributed by atoms with Crippen molar-refractivity contribution in [1.82, 2.24) is 9.97 Å². The second-order valence-electron chi connectivity index (χ2n) is 16.4.